The molecule has 0 bridgehead atoms. The van der Waals surface area contributed by atoms with Crippen molar-refractivity contribution in [2.45, 2.75) is 43.0 Å². The zero-order chi connectivity index (χ0) is 20.8. The largest absolute Gasteiger partial charge is 0.468 e. The minimum Gasteiger partial charge on any atom is -0.468 e. The summed E-state index contributed by atoms with van der Waals surface area (Å²) in [4.78, 5) is 30.6. The number of nitrogens with one attached hydrogen (secondary N) is 1. The topological polar surface area (TPSA) is 65.8 Å². The third kappa shape index (κ3) is 5.08. The highest BCUT2D eigenvalue weighted by molar-refractivity contribution is 7.99. The molecule has 6 nitrogen and oxygen atoms in total. The number of fused-ring (bicyclic) bond motifs is 1. The number of furan rings is 1. The number of anilines is 1. The van der Waals surface area contributed by atoms with E-state index in [4.69, 9.17) is 4.42 Å². The van der Waals surface area contributed by atoms with Crippen LogP contribution in [0.25, 0.3) is 0 Å². The van der Waals surface area contributed by atoms with Gasteiger partial charge in [0.2, 0.25) is 11.8 Å². The number of amides is 2. The molecule has 1 unspecified atom stereocenters. The predicted molar refractivity (Wildman–Crippen MR) is 119 cm³/mol. The van der Waals surface area contributed by atoms with Crippen molar-refractivity contribution >= 4 is 29.3 Å². The molecule has 1 aromatic carbocycles. The van der Waals surface area contributed by atoms with E-state index in [1.165, 1.54) is 19.3 Å². The highest BCUT2D eigenvalue weighted by atomic mass is 32.2. The summed E-state index contributed by atoms with van der Waals surface area (Å²) in [5, 5.41) is 3.03. The van der Waals surface area contributed by atoms with Crippen LogP contribution in [0.1, 0.15) is 43.9 Å². The van der Waals surface area contributed by atoms with Crippen molar-refractivity contribution in [3.63, 3.8) is 0 Å². The number of carbonyl (C=O) groups is 2. The summed E-state index contributed by atoms with van der Waals surface area (Å²) >= 11 is 1.77. The average Bonchev–Trinajstić information content (AvgIpc) is 3.32. The molecule has 4 rings (SSSR count). The number of rotatable bonds is 7. The van der Waals surface area contributed by atoms with Crippen LogP contribution >= 0.6 is 11.8 Å². The molecule has 30 heavy (non-hydrogen) atoms. The van der Waals surface area contributed by atoms with Crippen molar-refractivity contribution in [2.75, 3.05) is 36.8 Å². The first-order valence-electron chi connectivity index (χ1n) is 10.8. The van der Waals surface area contributed by atoms with Crippen molar-refractivity contribution in [3.05, 3.63) is 48.4 Å². The van der Waals surface area contributed by atoms with Crippen LogP contribution in [0.4, 0.5) is 5.69 Å². The summed E-state index contributed by atoms with van der Waals surface area (Å²) < 4.78 is 5.64. The van der Waals surface area contributed by atoms with Crippen LogP contribution in [0.5, 0.6) is 0 Å². The van der Waals surface area contributed by atoms with Crippen molar-refractivity contribution in [1.29, 1.82) is 0 Å². The molecule has 0 radical (unpaired) electrons. The molecule has 1 aromatic heterocycles. The Kier molecular flexibility index (Phi) is 7.12. The van der Waals surface area contributed by atoms with E-state index in [2.05, 4.69) is 10.2 Å². The van der Waals surface area contributed by atoms with Crippen molar-refractivity contribution < 1.29 is 14.0 Å². The van der Waals surface area contributed by atoms with E-state index in [9.17, 15) is 9.59 Å². The maximum Gasteiger partial charge on any atom is 0.227 e. The van der Waals surface area contributed by atoms with Gasteiger partial charge in [0.1, 0.15) is 5.76 Å². The summed E-state index contributed by atoms with van der Waals surface area (Å²) in [5.74, 6) is 1.69. The Morgan fingerprint density at radius 3 is 2.67 bits per heavy atom. The minimum atomic E-state index is -0.0865. The highest BCUT2D eigenvalue weighted by Crippen LogP contribution is 2.34. The maximum absolute atomic E-state index is 12.8. The number of benzene rings is 1. The molecular formula is C23H29N3O3S. The van der Waals surface area contributed by atoms with E-state index in [0.717, 1.165) is 35.2 Å². The first kappa shape index (κ1) is 21.0. The van der Waals surface area contributed by atoms with Crippen molar-refractivity contribution in [3.8, 4) is 0 Å². The fourth-order valence-electron chi connectivity index (χ4n) is 4.20. The van der Waals surface area contributed by atoms with Gasteiger partial charge in [0.05, 0.1) is 18.0 Å². The highest BCUT2D eigenvalue weighted by Gasteiger charge is 2.26. The predicted octanol–water partition coefficient (Wildman–Crippen LogP) is 3.84. The summed E-state index contributed by atoms with van der Waals surface area (Å²) in [6.45, 7) is 3.24. The van der Waals surface area contributed by atoms with Gasteiger partial charge < -0.3 is 14.6 Å². The average molecular weight is 428 g/mol. The van der Waals surface area contributed by atoms with Gasteiger partial charge in [0.15, 0.2) is 0 Å². The van der Waals surface area contributed by atoms with Crippen LogP contribution in [0, 0.1) is 0 Å². The molecule has 1 fully saturated rings. The van der Waals surface area contributed by atoms with Gasteiger partial charge in [-0.2, -0.15) is 0 Å². The van der Waals surface area contributed by atoms with Gasteiger partial charge in [-0.05, 0) is 50.2 Å². The number of para-hydroxylation sites is 1. The Balaban J connectivity index is 1.29. The molecule has 3 heterocycles. The molecule has 2 amide bonds. The fourth-order valence-corrected chi connectivity index (χ4v) is 5.20. The van der Waals surface area contributed by atoms with E-state index < -0.39 is 0 Å². The lowest BCUT2D eigenvalue weighted by Crippen LogP contribution is -2.41. The smallest absolute Gasteiger partial charge is 0.227 e. The molecule has 2 aliphatic rings. The van der Waals surface area contributed by atoms with Crippen LogP contribution in [0.3, 0.4) is 0 Å². The lowest BCUT2D eigenvalue weighted by atomic mass is 10.1. The van der Waals surface area contributed by atoms with Crippen LogP contribution in [0.15, 0.2) is 52.0 Å². The molecule has 160 valence electrons. The quantitative estimate of drug-likeness (QED) is 0.727. The van der Waals surface area contributed by atoms with E-state index in [-0.39, 0.29) is 30.7 Å². The number of piperidine rings is 1. The van der Waals surface area contributed by atoms with E-state index >= 15 is 0 Å². The fraction of sp³-hybridized carbons (Fsp3) is 0.478. The van der Waals surface area contributed by atoms with E-state index in [0.29, 0.717) is 13.1 Å². The Hall–Kier alpha value is -2.25. The molecule has 0 saturated carbocycles. The number of likely N-dealkylation sites (tertiary alicyclic amines) is 1. The summed E-state index contributed by atoms with van der Waals surface area (Å²) in [7, 11) is 0. The molecular weight excluding hydrogens is 398 g/mol. The Bertz CT molecular complexity index is 849. The summed E-state index contributed by atoms with van der Waals surface area (Å²) in [5.41, 5.74) is 0.960. The number of carbonyl (C=O) groups excluding carboxylic acids is 2. The number of hydrogen-bond donors (Lipinski definition) is 1. The van der Waals surface area contributed by atoms with Gasteiger partial charge in [0, 0.05) is 36.6 Å². The Morgan fingerprint density at radius 2 is 1.87 bits per heavy atom. The monoisotopic (exact) mass is 427 g/mol. The van der Waals surface area contributed by atoms with Crippen molar-refractivity contribution in [2.24, 2.45) is 0 Å². The van der Waals surface area contributed by atoms with Gasteiger partial charge in [-0.3, -0.25) is 14.5 Å². The van der Waals surface area contributed by atoms with Crippen LogP contribution in [0.2, 0.25) is 0 Å². The van der Waals surface area contributed by atoms with Crippen LogP contribution in [-0.4, -0.2) is 48.6 Å². The first-order valence-corrected chi connectivity index (χ1v) is 11.8. The van der Waals surface area contributed by atoms with Crippen LogP contribution in [-0.2, 0) is 9.59 Å². The second-order valence-electron chi connectivity index (χ2n) is 7.79. The van der Waals surface area contributed by atoms with Crippen LogP contribution < -0.4 is 10.2 Å². The normalized spacial score (nSPS) is 17.9. The first-order chi connectivity index (χ1) is 14.7. The summed E-state index contributed by atoms with van der Waals surface area (Å²) in [6, 6.07) is 11.9. The molecule has 1 saturated heterocycles. The second kappa shape index (κ2) is 10.2. The molecule has 0 spiro atoms. The van der Waals surface area contributed by atoms with E-state index in [1.807, 2.05) is 41.3 Å². The molecule has 7 heteroatoms. The molecule has 1 atom stereocenters. The Labute approximate surface area is 182 Å². The lowest BCUT2D eigenvalue weighted by molar-refractivity contribution is -0.125. The minimum absolute atomic E-state index is 0.0107. The SMILES string of the molecule is O=C(CCC(=O)N1CCSc2ccccc21)NCC(c1ccco1)N1CCCCC1. The van der Waals surface area contributed by atoms with Gasteiger partial charge in [-0.1, -0.05) is 18.6 Å². The summed E-state index contributed by atoms with van der Waals surface area (Å²) in [6.07, 6.45) is 5.72. The molecule has 2 aromatic rings. The van der Waals surface area contributed by atoms with Gasteiger partial charge >= 0.3 is 0 Å². The Morgan fingerprint density at radius 1 is 1.03 bits per heavy atom. The van der Waals surface area contributed by atoms with Gasteiger partial charge in [0.25, 0.3) is 0 Å². The maximum atomic E-state index is 12.8. The van der Waals surface area contributed by atoms with Crippen molar-refractivity contribution in [1.82, 2.24) is 10.2 Å². The van der Waals surface area contributed by atoms with Gasteiger partial charge in [-0.25, -0.2) is 0 Å². The molecule has 1 N–H and O–H groups in total. The standard InChI is InChI=1S/C23H29N3O3S/c27-22(10-11-23(28)26-14-16-30-21-9-3-2-7-18(21)26)24-17-19(20-8-6-15-29-20)25-12-4-1-5-13-25/h2-3,6-9,15,19H,1,4-5,10-14,16-17H2,(H,24,27). The third-order valence-corrected chi connectivity index (χ3v) is 6.83. The van der Waals surface area contributed by atoms with Gasteiger partial charge in [-0.15, -0.1) is 11.8 Å². The lowest BCUT2D eigenvalue weighted by Gasteiger charge is -2.33. The third-order valence-electron chi connectivity index (χ3n) is 5.79. The number of nitrogens with zero attached hydrogens (tertiary/aromatic N) is 2. The number of hydrogen-bond acceptors (Lipinski definition) is 5. The zero-order valence-corrected chi connectivity index (χ0v) is 18.0. The number of thioether (sulfide) groups is 1. The van der Waals surface area contributed by atoms with E-state index in [1.54, 1.807) is 18.0 Å². The zero-order valence-electron chi connectivity index (χ0n) is 17.2. The molecule has 2 aliphatic heterocycles. The second-order valence-corrected chi connectivity index (χ2v) is 8.93. The molecule has 0 aliphatic carbocycles.